The molecule has 0 unspecified atom stereocenters. The van der Waals surface area contributed by atoms with Gasteiger partial charge in [-0.25, -0.2) is 29.5 Å². The first-order valence-electron chi connectivity index (χ1n) is 9.20. The first-order valence-corrected chi connectivity index (χ1v) is 11.1. The number of carbonyl (C=O) groups is 2. The Labute approximate surface area is 218 Å². The topological polar surface area (TPSA) is 205 Å². The highest BCUT2D eigenvalue weighted by Gasteiger charge is 2.18. The third-order valence-electron chi connectivity index (χ3n) is 3.85. The molecule has 0 aliphatic carbocycles. The van der Waals surface area contributed by atoms with Crippen molar-refractivity contribution < 1.29 is 28.5 Å². The van der Waals surface area contributed by atoms with E-state index in [2.05, 4.69) is 45.3 Å². The lowest BCUT2D eigenvalue weighted by Gasteiger charge is -2.07. The number of rotatable bonds is 5. The van der Waals surface area contributed by atoms with Crippen molar-refractivity contribution in [3.8, 4) is 0 Å². The maximum absolute atomic E-state index is 11.3. The fourth-order valence-electron chi connectivity index (χ4n) is 2.13. The average Bonchev–Trinajstić information content (AvgIpc) is 3.36. The second kappa shape index (κ2) is 14.4. The Morgan fingerprint density at radius 2 is 1.49 bits per heavy atom. The number of ether oxygens (including phenoxy) is 4. The van der Waals surface area contributed by atoms with Crippen LogP contribution in [0.3, 0.4) is 0 Å². The summed E-state index contributed by atoms with van der Waals surface area (Å²) in [5.74, 6) is -1.31. The van der Waals surface area contributed by atoms with E-state index >= 15 is 0 Å². The maximum atomic E-state index is 11.3. The number of alkyl halides is 1. The average molecular weight is 598 g/mol. The maximum Gasteiger partial charge on any atom is 0.360 e. The molecule has 0 aromatic carbocycles. The number of fused-ring (bicyclic) bond motifs is 1. The number of esters is 2. The summed E-state index contributed by atoms with van der Waals surface area (Å²) in [6.07, 6.45) is 3.00. The van der Waals surface area contributed by atoms with E-state index in [0.29, 0.717) is 5.65 Å². The molecule has 3 rings (SSSR count). The Morgan fingerprint density at radius 3 is 1.97 bits per heavy atom. The Hall–Kier alpha value is -2.98. The van der Waals surface area contributed by atoms with E-state index in [9.17, 15) is 9.59 Å². The summed E-state index contributed by atoms with van der Waals surface area (Å²) >= 11 is 14.5. The van der Waals surface area contributed by atoms with Crippen LogP contribution in [0.5, 0.6) is 0 Å². The Kier molecular flexibility index (Phi) is 12.4. The molecular formula is C18H23BrCl2N8O6. The Morgan fingerprint density at radius 1 is 0.943 bits per heavy atom. The van der Waals surface area contributed by atoms with Gasteiger partial charge < -0.3 is 36.1 Å². The molecule has 0 saturated heterocycles. The molecule has 3 heterocycles. The monoisotopic (exact) mass is 596 g/mol. The molecule has 3 aromatic heterocycles. The van der Waals surface area contributed by atoms with Crippen molar-refractivity contribution in [3.63, 3.8) is 0 Å². The zero-order valence-corrected chi connectivity index (χ0v) is 22.1. The summed E-state index contributed by atoms with van der Waals surface area (Å²) < 4.78 is 19.9. The molecule has 0 atom stereocenters. The van der Waals surface area contributed by atoms with Crippen LogP contribution in [0.15, 0.2) is 12.4 Å². The highest BCUT2D eigenvalue weighted by atomic mass is 79.9. The highest BCUT2D eigenvalue weighted by molar-refractivity contribution is 9.09. The van der Waals surface area contributed by atoms with Crippen molar-refractivity contribution in [3.05, 3.63) is 34.1 Å². The lowest BCUT2D eigenvalue weighted by molar-refractivity contribution is -0.0834. The van der Waals surface area contributed by atoms with E-state index in [1.807, 2.05) is 0 Å². The summed E-state index contributed by atoms with van der Waals surface area (Å²) in [5, 5.41) is 0.754. The number of carbonyl (C=O) groups excluding carboxylic acids is 2. The Bertz CT molecular complexity index is 1160. The van der Waals surface area contributed by atoms with Gasteiger partial charge >= 0.3 is 11.9 Å². The number of imidazole rings is 1. The van der Waals surface area contributed by atoms with Gasteiger partial charge in [-0.3, -0.25) is 4.40 Å². The number of nitrogens with two attached hydrogens (primary N) is 3. The first-order chi connectivity index (χ1) is 16.6. The Balaban J connectivity index is 0.000000281. The van der Waals surface area contributed by atoms with Gasteiger partial charge in [-0.2, -0.15) is 0 Å². The van der Waals surface area contributed by atoms with Crippen LogP contribution in [0.1, 0.15) is 21.0 Å². The minimum absolute atomic E-state index is 0.0204. The molecule has 17 heteroatoms. The van der Waals surface area contributed by atoms with Crippen molar-refractivity contribution >= 4 is 74.2 Å². The van der Waals surface area contributed by atoms with Gasteiger partial charge in [0, 0.05) is 26.6 Å². The number of hydrogen-bond donors (Lipinski definition) is 3. The van der Waals surface area contributed by atoms with Crippen LogP contribution in [0, 0.1) is 0 Å². The van der Waals surface area contributed by atoms with E-state index in [0.717, 1.165) is 5.33 Å². The van der Waals surface area contributed by atoms with E-state index < -0.39 is 11.9 Å². The fourth-order valence-corrected chi connectivity index (χ4v) is 3.01. The van der Waals surface area contributed by atoms with Gasteiger partial charge in [-0.15, -0.1) is 0 Å². The molecule has 0 aliphatic heterocycles. The fraction of sp³-hybridized carbons (Fsp3) is 0.333. The number of nitrogens with zero attached hydrogens (tertiary/aromatic N) is 5. The van der Waals surface area contributed by atoms with E-state index in [-0.39, 0.29) is 45.4 Å². The van der Waals surface area contributed by atoms with Crippen LogP contribution >= 0.6 is 39.1 Å². The summed E-state index contributed by atoms with van der Waals surface area (Å²) in [4.78, 5) is 37.3. The summed E-state index contributed by atoms with van der Waals surface area (Å²) in [5.41, 5.74) is 16.6. The standard InChI is InChI=1S/C8H7ClN4O2.C6H7ClN4O2.C4H9BrO2/c1-15-8(14)4-6(10)13-3-2-11-7(13)5(9)12-4;1-13-6(12)2-4(8)11-5(9)3(7)10-2;1-6-4(3-5)7-2/h2-3H,10H2,1H3;1H3,(H4,8,9,11);4H,3H2,1-2H3. The van der Waals surface area contributed by atoms with Gasteiger partial charge in [0.25, 0.3) is 0 Å². The number of aromatic nitrogens is 5. The van der Waals surface area contributed by atoms with Crippen molar-refractivity contribution in [2.45, 2.75) is 6.29 Å². The molecule has 0 saturated carbocycles. The molecule has 35 heavy (non-hydrogen) atoms. The minimum Gasteiger partial charge on any atom is -0.464 e. The van der Waals surface area contributed by atoms with Gasteiger partial charge in [0.1, 0.15) is 5.82 Å². The van der Waals surface area contributed by atoms with Gasteiger partial charge in [0.2, 0.25) is 0 Å². The number of hydrogen-bond acceptors (Lipinski definition) is 13. The van der Waals surface area contributed by atoms with E-state index in [4.69, 9.17) is 49.9 Å². The smallest absolute Gasteiger partial charge is 0.360 e. The number of methoxy groups -OCH3 is 4. The van der Waals surface area contributed by atoms with Crippen LogP contribution in [0.2, 0.25) is 10.3 Å². The van der Waals surface area contributed by atoms with Crippen molar-refractivity contribution in [2.24, 2.45) is 0 Å². The minimum atomic E-state index is -0.702. The van der Waals surface area contributed by atoms with Crippen molar-refractivity contribution in [1.82, 2.24) is 24.3 Å². The molecule has 14 nitrogen and oxygen atoms in total. The van der Waals surface area contributed by atoms with Crippen LogP contribution < -0.4 is 17.2 Å². The molecule has 0 bridgehead atoms. The molecule has 6 N–H and O–H groups in total. The highest BCUT2D eigenvalue weighted by Crippen LogP contribution is 2.20. The molecule has 0 radical (unpaired) electrons. The second-order valence-electron chi connectivity index (χ2n) is 5.93. The number of anilines is 3. The third-order valence-corrected chi connectivity index (χ3v) is 4.91. The molecular weight excluding hydrogens is 575 g/mol. The molecule has 192 valence electrons. The molecule has 0 amide bonds. The van der Waals surface area contributed by atoms with E-state index in [1.54, 1.807) is 20.4 Å². The molecule has 0 aliphatic rings. The van der Waals surface area contributed by atoms with Crippen LogP contribution in [-0.4, -0.2) is 76.3 Å². The number of halogens is 3. The zero-order chi connectivity index (χ0) is 26.7. The van der Waals surface area contributed by atoms with Crippen molar-refractivity contribution in [2.75, 3.05) is 51.0 Å². The second-order valence-corrected chi connectivity index (χ2v) is 7.29. The molecule has 3 aromatic rings. The predicted octanol–water partition coefficient (Wildman–Crippen LogP) is 1.83. The normalized spacial score (nSPS) is 10.2. The van der Waals surface area contributed by atoms with Gasteiger partial charge in [-0.05, 0) is 0 Å². The SMILES string of the molecule is COC(=O)c1nc(Cl)c(N)nc1N.COC(=O)c1nc(Cl)c2nccn2c1N.COC(CBr)OC. The lowest BCUT2D eigenvalue weighted by Crippen LogP contribution is -2.13. The number of nitrogen functional groups attached to an aromatic ring is 3. The molecule has 0 fully saturated rings. The van der Waals surface area contributed by atoms with Gasteiger partial charge in [0.15, 0.2) is 45.3 Å². The van der Waals surface area contributed by atoms with Crippen LogP contribution in [0.4, 0.5) is 17.5 Å². The molecule has 0 spiro atoms. The van der Waals surface area contributed by atoms with Gasteiger partial charge in [-0.1, -0.05) is 39.1 Å². The third kappa shape index (κ3) is 8.03. The largest absolute Gasteiger partial charge is 0.464 e. The van der Waals surface area contributed by atoms with Gasteiger partial charge in [0.05, 0.1) is 19.5 Å². The summed E-state index contributed by atoms with van der Waals surface area (Å²) in [7, 11) is 5.66. The lowest BCUT2D eigenvalue weighted by atomic mass is 10.4. The van der Waals surface area contributed by atoms with Crippen molar-refractivity contribution in [1.29, 1.82) is 0 Å². The summed E-state index contributed by atoms with van der Waals surface area (Å²) in [6, 6.07) is 0. The van der Waals surface area contributed by atoms with Crippen LogP contribution in [-0.2, 0) is 18.9 Å². The summed E-state index contributed by atoms with van der Waals surface area (Å²) in [6.45, 7) is 0. The van der Waals surface area contributed by atoms with E-state index in [1.165, 1.54) is 24.8 Å². The van der Waals surface area contributed by atoms with Crippen LogP contribution in [0.25, 0.3) is 5.65 Å². The quantitative estimate of drug-likeness (QED) is 0.218. The predicted molar refractivity (Wildman–Crippen MR) is 133 cm³/mol. The first kappa shape index (κ1) is 30.1. The zero-order valence-electron chi connectivity index (χ0n) is 19.0.